The van der Waals surface area contributed by atoms with Gasteiger partial charge in [0.2, 0.25) is 0 Å². The Morgan fingerprint density at radius 3 is 2.91 bits per heavy atom. The van der Waals surface area contributed by atoms with Crippen molar-refractivity contribution in [2.45, 2.75) is 26.4 Å². The summed E-state index contributed by atoms with van der Waals surface area (Å²) >= 11 is 0. The van der Waals surface area contributed by atoms with Crippen LogP contribution in [0.3, 0.4) is 0 Å². The van der Waals surface area contributed by atoms with Crippen LogP contribution in [0, 0.1) is 6.92 Å². The van der Waals surface area contributed by atoms with Gasteiger partial charge in [0, 0.05) is 30.8 Å². The zero-order chi connectivity index (χ0) is 15.6. The lowest BCUT2D eigenvalue weighted by Crippen LogP contribution is -2.31. The van der Waals surface area contributed by atoms with Crippen LogP contribution in [0.1, 0.15) is 22.9 Å². The fourth-order valence-corrected chi connectivity index (χ4v) is 3.06. The Balaban J connectivity index is 1.57. The summed E-state index contributed by atoms with van der Waals surface area (Å²) in [7, 11) is 0. The van der Waals surface area contributed by atoms with Gasteiger partial charge in [-0.05, 0) is 13.0 Å². The number of nitrogens with zero attached hydrogens (tertiary/aromatic N) is 4. The monoisotopic (exact) mass is 305 g/mol. The minimum absolute atomic E-state index is 0.764. The van der Waals surface area contributed by atoms with Gasteiger partial charge in [-0.1, -0.05) is 30.3 Å². The first-order valence-electron chi connectivity index (χ1n) is 7.91. The average Bonchev–Trinajstić information content (AvgIpc) is 3.03. The van der Waals surface area contributed by atoms with E-state index in [9.17, 15) is 0 Å². The van der Waals surface area contributed by atoms with E-state index in [0.717, 1.165) is 48.8 Å². The molecular weight excluding hydrogens is 286 g/mol. The molecule has 0 fully saturated rings. The molecule has 0 spiro atoms. The first-order valence-corrected chi connectivity index (χ1v) is 7.91. The van der Waals surface area contributed by atoms with Crippen molar-refractivity contribution in [1.82, 2.24) is 24.8 Å². The molecule has 1 N–H and O–H groups in total. The van der Waals surface area contributed by atoms with Crippen LogP contribution >= 0.6 is 0 Å². The Kier molecular flexibility index (Phi) is 3.63. The number of hydrogen-bond donors (Lipinski definition) is 1. The number of hydrogen-bond acceptors (Lipinski definition) is 4. The quantitative estimate of drug-likeness (QED) is 0.808. The molecular formula is C18H19N5. The Morgan fingerprint density at radius 1 is 1.17 bits per heavy atom. The van der Waals surface area contributed by atoms with E-state index >= 15 is 0 Å². The van der Waals surface area contributed by atoms with Gasteiger partial charge in [0.25, 0.3) is 0 Å². The second-order valence-corrected chi connectivity index (χ2v) is 5.97. The molecule has 2 aromatic heterocycles. The number of imidazole rings is 1. The second-order valence-electron chi connectivity index (χ2n) is 5.97. The summed E-state index contributed by atoms with van der Waals surface area (Å²) in [4.78, 5) is 19.3. The molecule has 0 bridgehead atoms. The summed E-state index contributed by atoms with van der Waals surface area (Å²) in [5, 5.41) is 0. The highest BCUT2D eigenvalue weighted by Gasteiger charge is 2.19. The Labute approximate surface area is 135 Å². The third-order valence-corrected chi connectivity index (χ3v) is 4.19. The molecule has 0 aliphatic carbocycles. The number of fused-ring (bicyclic) bond motifs is 1. The first kappa shape index (κ1) is 14.1. The molecule has 0 saturated heterocycles. The summed E-state index contributed by atoms with van der Waals surface area (Å²) in [5.74, 6) is 0.881. The van der Waals surface area contributed by atoms with Gasteiger partial charge < -0.3 is 4.98 Å². The van der Waals surface area contributed by atoms with Crippen molar-refractivity contribution in [2.24, 2.45) is 0 Å². The van der Waals surface area contributed by atoms with Crippen molar-refractivity contribution in [1.29, 1.82) is 0 Å². The number of aromatic amines is 1. The largest absolute Gasteiger partial charge is 0.347 e. The van der Waals surface area contributed by atoms with Crippen molar-refractivity contribution >= 4 is 0 Å². The molecule has 5 heteroatoms. The summed E-state index contributed by atoms with van der Waals surface area (Å²) in [5.41, 5.74) is 5.54. The van der Waals surface area contributed by atoms with E-state index in [1.807, 2.05) is 31.2 Å². The number of aryl methyl sites for hydroxylation is 1. The molecule has 3 heterocycles. The molecule has 1 aliphatic rings. The smallest absolute Gasteiger partial charge is 0.143 e. The predicted molar refractivity (Wildman–Crippen MR) is 88.6 cm³/mol. The van der Waals surface area contributed by atoms with E-state index < -0.39 is 0 Å². The van der Waals surface area contributed by atoms with Crippen LogP contribution in [-0.2, 0) is 19.5 Å². The van der Waals surface area contributed by atoms with E-state index in [0.29, 0.717) is 0 Å². The fraction of sp³-hybridized carbons (Fsp3) is 0.278. The van der Waals surface area contributed by atoms with Crippen LogP contribution in [0.4, 0.5) is 0 Å². The van der Waals surface area contributed by atoms with Crippen molar-refractivity contribution in [2.75, 3.05) is 6.54 Å². The Bertz CT molecular complexity index is 809. The van der Waals surface area contributed by atoms with Crippen molar-refractivity contribution in [3.05, 3.63) is 65.6 Å². The lowest BCUT2D eigenvalue weighted by molar-refractivity contribution is 0.235. The van der Waals surface area contributed by atoms with Crippen LogP contribution in [0.2, 0.25) is 0 Å². The third kappa shape index (κ3) is 3.00. The predicted octanol–water partition coefficient (Wildman–Crippen LogP) is 2.73. The minimum atomic E-state index is 0.764. The summed E-state index contributed by atoms with van der Waals surface area (Å²) in [6, 6.07) is 12.3. The van der Waals surface area contributed by atoms with E-state index in [2.05, 4.69) is 32.0 Å². The molecule has 23 heavy (non-hydrogen) atoms. The van der Waals surface area contributed by atoms with Gasteiger partial charge in [0.1, 0.15) is 5.82 Å². The van der Waals surface area contributed by atoms with Gasteiger partial charge in [-0.3, -0.25) is 4.90 Å². The maximum absolute atomic E-state index is 4.76. The van der Waals surface area contributed by atoms with E-state index in [1.165, 1.54) is 11.4 Å². The highest BCUT2D eigenvalue weighted by Crippen LogP contribution is 2.20. The van der Waals surface area contributed by atoms with Crippen LogP contribution in [0.5, 0.6) is 0 Å². The van der Waals surface area contributed by atoms with Crippen LogP contribution < -0.4 is 0 Å². The Hall–Kier alpha value is -2.53. The fourth-order valence-electron chi connectivity index (χ4n) is 3.06. The first-order chi connectivity index (χ1) is 11.3. The highest BCUT2D eigenvalue weighted by atomic mass is 15.2. The van der Waals surface area contributed by atoms with E-state index in [1.54, 1.807) is 6.33 Å². The number of benzene rings is 1. The molecule has 0 saturated carbocycles. The number of rotatable bonds is 3. The van der Waals surface area contributed by atoms with Crippen LogP contribution in [0.25, 0.3) is 11.3 Å². The molecule has 0 atom stereocenters. The third-order valence-electron chi connectivity index (χ3n) is 4.19. The standard InChI is InChI=1S/C18H19N5/c1-13-9-16(14-5-3-2-4-6-14)22-18(21-13)11-23-8-7-15-17(10-23)20-12-19-15/h2-6,9,12H,7-8,10-11H2,1H3,(H,19,20). The molecule has 3 aromatic rings. The average molecular weight is 305 g/mol. The van der Waals surface area contributed by atoms with Crippen LogP contribution in [0.15, 0.2) is 42.7 Å². The molecule has 5 nitrogen and oxygen atoms in total. The van der Waals surface area contributed by atoms with Gasteiger partial charge >= 0.3 is 0 Å². The van der Waals surface area contributed by atoms with E-state index in [4.69, 9.17) is 4.98 Å². The Morgan fingerprint density at radius 2 is 2.04 bits per heavy atom. The van der Waals surface area contributed by atoms with Crippen molar-refractivity contribution < 1.29 is 0 Å². The molecule has 1 aliphatic heterocycles. The topological polar surface area (TPSA) is 57.7 Å². The maximum Gasteiger partial charge on any atom is 0.143 e. The summed E-state index contributed by atoms with van der Waals surface area (Å²) in [6.45, 7) is 4.67. The van der Waals surface area contributed by atoms with Crippen molar-refractivity contribution in [3.8, 4) is 11.3 Å². The number of aromatic nitrogens is 4. The van der Waals surface area contributed by atoms with Gasteiger partial charge in [-0.15, -0.1) is 0 Å². The zero-order valence-electron chi connectivity index (χ0n) is 13.2. The lowest BCUT2D eigenvalue weighted by Gasteiger charge is -2.25. The molecule has 0 amide bonds. The van der Waals surface area contributed by atoms with Gasteiger partial charge in [-0.25, -0.2) is 15.0 Å². The number of nitrogens with one attached hydrogen (secondary N) is 1. The molecule has 1 aromatic carbocycles. The molecule has 116 valence electrons. The summed E-state index contributed by atoms with van der Waals surface area (Å²) < 4.78 is 0. The summed E-state index contributed by atoms with van der Waals surface area (Å²) in [6.07, 6.45) is 2.76. The maximum atomic E-state index is 4.76. The highest BCUT2D eigenvalue weighted by molar-refractivity contribution is 5.58. The van der Waals surface area contributed by atoms with Crippen LogP contribution in [-0.4, -0.2) is 31.4 Å². The molecule has 4 rings (SSSR count). The minimum Gasteiger partial charge on any atom is -0.347 e. The normalized spacial score (nSPS) is 14.7. The SMILES string of the molecule is Cc1cc(-c2ccccc2)nc(CN2CCc3nc[nH]c3C2)n1. The lowest BCUT2D eigenvalue weighted by atomic mass is 10.1. The second kappa shape index (κ2) is 5.93. The van der Waals surface area contributed by atoms with Crippen molar-refractivity contribution in [3.63, 3.8) is 0 Å². The van der Waals surface area contributed by atoms with Gasteiger partial charge in [-0.2, -0.15) is 0 Å². The van der Waals surface area contributed by atoms with Gasteiger partial charge in [0.05, 0.1) is 30.0 Å². The van der Waals surface area contributed by atoms with Gasteiger partial charge in [0.15, 0.2) is 0 Å². The molecule has 0 radical (unpaired) electrons. The zero-order valence-corrected chi connectivity index (χ0v) is 13.2. The number of H-pyrrole nitrogens is 1. The van der Waals surface area contributed by atoms with E-state index in [-0.39, 0.29) is 0 Å². The molecule has 0 unspecified atom stereocenters.